The minimum Gasteiger partial charge on any atom is -0.256 e. The smallest absolute Gasteiger partial charge is 0.209 e. The van der Waals surface area contributed by atoms with Crippen LogP contribution in [0.4, 0.5) is 5.13 Å². The molecule has 12 heavy (non-hydrogen) atoms. The Morgan fingerprint density at radius 3 is 2.83 bits per heavy atom. The number of anilines is 1. The molecule has 2 rings (SSSR count). The van der Waals surface area contributed by atoms with Crippen molar-refractivity contribution in [1.29, 1.82) is 0 Å². The maximum Gasteiger partial charge on any atom is 0.209 e. The number of thiazole rings is 1. The highest BCUT2D eigenvalue weighted by Gasteiger charge is 2.24. The summed E-state index contributed by atoms with van der Waals surface area (Å²) in [6, 6.07) is 0. The van der Waals surface area contributed by atoms with Crippen LogP contribution in [0.5, 0.6) is 0 Å². The SMILES string of the molecule is CC1N(C)N=NN1c1nccs1. The molecule has 0 aromatic carbocycles. The third-order valence-corrected chi connectivity index (χ3v) is 2.55. The summed E-state index contributed by atoms with van der Waals surface area (Å²) >= 11 is 1.56. The lowest BCUT2D eigenvalue weighted by Gasteiger charge is -2.18. The number of hydrogen-bond donors (Lipinski definition) is 0. The molecule has 0 saturated heterocycles. The minimum absolute atomic E-state index is 0.163. The summed E-state index contributed by atoms with van der Waals surface area (Å²) in [6.45, 7) is 2.03. The van der Waals surface area contributed by atoms with Crippen LogP contribution in [-0.4, -0.2) is 23.2 Å². The van der Waals surface area contributed by atoms with Gasteiger partial charge in [0.2, 0.25) is 5.13 Å². The summed E-state index contributed by atoms with van der Waals surface area (Å²) < 4.78 is 0. The second-order valence-electron chi connectivity index (χ2n) is 2.54. The Morgan fingerprint density at radius 1 is 1.50 bits per heavy atom. The van der Waals surface area contributed by atoms with Crippen molar-refractivity contribution < 1.29 is 0 Å². The highest BCUT2D eigenvalue weighted by molar-refractivity contribution is 7.13. The van der Waals surface area contributed by atoms with Crippen molar-refractivity contribution in [2.45, 2.75) is 13.1 Å². The lowest BCUT2D eigenvalue weighted by Crippen LogP contribution is -2.33. The summed E-state index contributed by atoms with van der Waals surface area (Å²) in [5.74, 6) is 0. The van der Waals surface area contributed by atoms with Gasteiger partial charge in [0.05, 0.1) is 0 Å². The second kappa shape index (κ2) is 2.71. The van der Waals surface area contributed by atoms with Crippen LogP contribution in [0.15, 0.2) is 22.0 Å². The normalized spacial score (nSPS) is 22.3. The maximum absolute atomic E-state index is 4.15. The summed E-state index contributed by atoms with van der Waals surface area (Å²) in [4.78, 5) is 4.15. The van der Waals surface area contributed by atoms with E-state index in [9.17, 15) is 0 Å². The first-order valence-corrected chi connectivity index (χ1v) is 4.50. The maximum atomic E-state index is 4.15. The van der Waals surface area contributed by atoms with Gasteiger partial charge >= 0.3 is 0 Å². The molecule has 0 radical (unpaired) electrons. The van der Waals surface area contributed by atoms with Crippen LogP contribution in [0.1, 0.15) is 6.92 Å². The molecule has 5 nitrogen and oxygen atoms in total. The van der Waals surface area contributed by atoms with Gasteiger partial charge in [0.1, 0.15) is 6.17 Å². The Hall–Kier alpha value is -1.17. The van der Waals surface area contributed by atoms with E-state index < -0.39 is 0 Å². The summed E-state index contributed by atoms with van der Waals surface area (Å²) in [7, 11) is 1.89. The van der Waals surface area contributed by atoms with Crippen LogP contribution in [0.2, 0.25) is 0 Å². The lowest BCUT2D eigenvalue weighted by molar-refractivity contribution is 0.303. The van der Waals surface area contributed by atoms with Crippen LogP contribution in [0.25, 0.3) is 0 Å². The minimum atomic E-state index is 0.163. The summed E-state index contributed by atoms with van der Waals surface area (Å²) in [5.41, 5.74) is 0. The van der Waals surface area contributed by atoms with Crippen molar-refractivity contribution in [3.63, 3.8) is 0 Å². The van der Waals surface area contributed by atoms with Crippen molar-refractivity contribution in [2.24, 2.45) is 10.4 Å². The van der Waals surface area contributed by atoms with Gasteiger partial charge < -0.3 is 0 Å². The quantitative estimate of drug-likeness (QED) is 0.663. The van der Waals surface area contributed by atoms with E-state index in [1.165, 1.54) is 0 Å². The van der Waals surface area contributed by atoms with Gasteiger partial charge in [0.25, 0.3) is 0 Å². The van der Waals surface area contributed by atoms with Crippen LogP contribution in [0, 0.1) is 0 Å². The Labute approximate surface area is 74.3 Å². The molecule has 0 bridgehead atoms. The van der Waals surface area contributed by atoms with E-state index in [0.29, 0.717) is 0 Å². The van der Waals surface area contributed by atoms with Crippen LogP contribution >= 0.6 is 11.3 Å². The number of aromatic nitrogens is 1. The Kier molecular flexibility index (Phi) is 1.69. The van der Waals surface area contributed by atoms with E-state index in [0.717, 1.165) is 5.13 Å². The van der Waals surface area contributed by atoms with Crippen LogP contribution in [0.3, 0.4) is 0 Å². The highest BCUT2D eigenvalue weighted by Crippen LogP contribution is 2.25. The van der Waals surface area contributed by atoms with Gasteiger partial charge in [-0.05, 0) is 12.1 Å². The molecule has 1 aliphatic rings. The molecule has 0 aliphatic carbocycles. The zero-order valence-electron chi connectivity index (χ0n) is 6.88. The molecule has 0 saturated carbocycles. The molecular formula is C6H9N5S. The molecule has 1 aromatic rings. The zero-order chi connectivity index (χ0) is 8.55. The van der Waals surface area contributed by atoms with Crippen molar-refractivity contribution in [3.05, 3.63) is 11.6 Å². The molecule has 1 aliphatic heterocycles. The lowest BCUT2D eigenvalue weighted by atomic mass is 10.5. The van der Waals surface area contributed by atoms with E-state index in [4.69, 9.17) is 0 Å². The van der Waals surface area contributed by atoms with E-state index in [1.54, 1.807) is 27.6 Å². The van der Waals surface area contributed by atoms with Gasteiger partial charge in [-0.1, -0.05) is 5.22 Å². The first-order chi connectivity index (χ1) is 5.79. The average Bonchev–Trinajstić information content (AvgIpc) is 2.64. The number of hydrogen-bond acceptors (Lipinski definition) is 6. The van der Waals surface area contributed by atoms with Crippen molar-refractivity contribution in [2.75, 3.05) is 12.1 Å². The largest absolute Gasteiger partial charge is 0.256 e. The molecule has 2 heterocycles. The number of nitrogens with zero attached hydrogens (tertiary/aromatic N) is 5. The fraction of sp³-hybridized carbons (Fsp3) is 0.500. The summed E-state index contributed by atoms with van der Waals surface area (Å²) in [6.07, 6.45) is 1.93. The summed E-state index contributed by atoms with van der Waals surface area (Å²) in [5, 5.41) is 14.3. The predicted molar refractivity (Wildman–Crippen MR) is 46.7 cm³/mol. The molecular weight excluding hydrogens is 174 g/mol. The van der Waals surface area contributed by atoms with Gasteiger partial charge in [-0.3, -0.25) is 5.01 Å². The molecule has 6 heteroatoms. The molecule has 0 fully saturated rings. The van der Waals surface area contributed by atoms with Gasteiger partial charge in [0.15, 0.2) is 0 Å². The van der Waals surface area contributed by atoms with E-state index >= 15 is 0 Å². The molecule has 1 aromatic heterocycles. The number of rotatable bonds is 1. The first-order valence-electron chi connectivity index (χ1n) is 3.62. The second-order valence-corrected chi connectivity index (χ2v) is 3.42. The Balaban J connectivity index is 2.22. The average molecular weight is 183 g/mol. The zero-order valence-corrected chi connectivity index (χ0v) is 7.69. The van der Waals surface area contributed by atoms with Gasteiger partial charge in [0, 0.05) is 18.6 Å². The van der Waals surface area contributed by atoms with E-state index in [2.05, 4.69) is 15.4 Å². The predicted octanol–water partition coefficient (Wildman–Crippen LogP) is 1.52. The first kappa shape index (κ1) is 7.48. The standard InChI is InChI=1S/C6H9N5S/c1-5-10(2)8-9-11(5)6-7-3-4-12-6/h3-5H,1-2H3. The van der Waals surface area contributed by atoms with E-state index in [-0.39, 0.29) is 6.17 Å². The third-order valence-electron chi connectivity index (χ3n) is 1.79. The molecule has 0 spiro atoms. The fourth-order valence-corrected chi connectivity index (χ4v) is 1.60. The Bertz CT molecular complexity index is 282. The monoisotopic (exact) mass is 183 g/mol. The molecule has 64 valence electrons. The topological polar surface area (TPSA) is 44.1 Å². The fourth-order valence-electron chi connectivity index (χ4n) is 0.941. The Morgan fingerprint density at radius 2 is 2.33 bits per heavy atom. The van der Waals surface area contributed by atoms with Crippen molar-refractivity contribution >= 4 is 16.5 Å². The highest BCUT2D eigenvalue weighted by atomic mass is 32.1. The van der Waals surface area contributed by atoms with Gasteiger partial charge in [-0.25, -0.2) is 4.98 Å². The van der Waals surface area contributed by atoms with Gasteiger partial charge in [-0.15, -0.1) is 11.3 Å². The third kappa shape index (κ3) is 1.04. The molecule has 1 atom stereocenters. The molecule has 0 N–H and O–H groups in total. The van der Waals surface area contributed by atoms with Crippen molar-refractivity contribution in [3.8, 4) is 0 Å². The van der Waals surface area contributed by atoms with Gasteiger partial charge in [-0.2, -0.15) is 5.01 Å². The van der Waals surface area contributed by atoms with Crippen LogP contribution < -0.4 is 5.01 Å². The van der Waals surface area contributed by atoms with Crippen LogP contribution in [-0.2, 0) is 0 Å². The molecule has 0 amide bonds. The van der Waals surface area contributed by atoms with Crippen molar-refractivity contribution in [1.82, 2.24) is 9.99 Å². The molecule has 1 unspecified atom stereocenters. The van der Waals surface area contributed by atoms with E-state index in [1.807, 2.05) is 19.4 Å².